The largest absolute Gasteiger partial charge is 0.456 e. The number of Topliss-reactive ketones (excluding diaryl/α,β-unsaturated/α-hetero) is 1. The highest BCUT2D eigenvalue weighted by atomic mass is 28.4. The van der Waals surface area contributed by atoms with Crippen molar-refractivity contribution >= 4 is 58.5 Å². The minimum Gasteiger partial charge on any atom is -0.456 e. The molecule has 1 amide bonds. The predicted octanol–water partition coefficient (Wildman–Crippen LogP) is 11.5. The Morgan fingerprint density at radius 2 is 1.45 bits per heavy atom. The minimum atomic E-state index is -3.14. The fourth-order valence-electron chi connectivity index (χ4n) is 14.5. The molecule has 2 heterocycles. The number of hydrogen-bond acceptors (Lipinski definition) is 15. The van der Waals surface area contributed by atoms with Gasteiger partial charge in [0.15, 0.2) is 31.9 Å². The van der Waals surface area contributed by atoms with Gasteiger partial charge in [-0.25, -0.2) is 14.4 Å². The van der Waals surface area contributed by atoms with Gasteiger partial charge in [0, 0.05) is 25.2 Å². The molecule has 7 rings (SSSR count). The van der Waals surface area contributed by atoms with Crippen molar-refractivity contribution in [2.24, 2.45) is 16.7 Å². The number of esters is 4. The molecule has 2 aromatic rings. The Bertz CT molecular complexity index is 2700. The average molecular weight is 1140 g/mol. The minimum absolute atomic E-state index is 0.0670. The number of hydrogen-bond donors (Lipinski definition) is 2. The molecule has 2 saturated carbocycles. The number of nitrogens with one attached hydrogen (secondary N) is 1. The molecule has 18 heteroatoms. The van der Waals surface area contributed by atoms with E-state index in [-0.39, 0.29) is 47.2 Å². The van der Waals surface area contributed by atoms with Crippen molar-refractivity contribution in [1.82, 2.24) is 5.32 Å². The predicted molar refractivity (Wildman–Crippen MR) is 307 cm³/mol. The van der Waals surface area contributed by atoms with Gasteiger partial charge in [-0.1, -0.05) is 131 Å². The van der Waals surface area contributed by atoms with Crippen LogP contribution in [0.2, 0.25) is 34.8 Å². The lowest BCUT2D eigenvalue weighted by atomic mass is 9.44. The van der Waals surface area contributed by atoms with E-state index >= 15 is 14.4 Å². The van der Waals surface area contributed by atoms with Crippen LogP contribution in [0.3, 0.4) is 0 Å². The first-order valence-electron chi connectivity index (χ1n) is 28.9. The van der Waals surface area contributed by atoms with Crippen molar-refractivity contribution in [2.75, 3.05) is 6.61 Å². The normalized spacial score (nSPS) is 31.2. The number of ketones is 1. The number of rotatable bonds is 14. The highest BCUT2D eigenvalue weighted by Crippen LogP contribution is 2.65. The fourth-order valence-corrected chi connectivity index (χ4v) is 23.0. The Morgan fingerprint density at radius 3 is 2.00 bits per heavy atom. The Hall–Kier alpha value is -4.99. The second-order valence-electron chi connectivity index (χ2n) is 25.6. The van der Waals surface area contributed by atoms with Gasteiger partial charge < -0.3 is 47.7 Å². The summed E-state index contributed by atoms with van der Waals surface area (Å²) in [7, 11) is -5.83. The highest BCUT2D eigenvalue weighted by Gasteiger charge is 2.79. The van der Waals surface area contributed by atoms with Crippen molar-refractivity contribution in [2.45, 2.75) is 231 Å². The molecule has 0 aromatic heterocycles. The van der Waals surface area contributed by atoms with Gasteiger partial charge in [-0.05, 0) is 104 Å². The topological polar surface area (TPSA) is 209 Å². The molecule has 5 aliphatic rings. The Labute approximate surface area is 476 Å². The fraction of sp³-hybridized carbons (Fsp3) is 0.645. The zero-order chi connectivity index (χ0) is 59.3. The number of fused-ring (bicyclic) bond motifs is 3. The van der Waals surface area contributed by atoms with Gasteiger partial charge >= 0.3 is 30.0 Å². The van der Waals surface area contributed by atoms with Crippen LogP contribution in [0.25, 0.3) is 6.08 Å². The van der Waals surface area contributed by atoms with E-state index in [4.69, 9.17) is 37.3 Å². The van der Waals surface area contributed by atoms with E-state index in [1.807, 2.05) is 0 Å². The maximum atomic E-state index is 16.8. The van der Waals surface area contributed by atoms with Gasteiger partial charge in [0.2, 0.25) is 8.32 Å². The van der Waals surface area contributed by atoms with Gasteiger partial charge in [0.25, 0.3) is 0 Å². The first-order valence-corrected chi connectivity index (χ1v) is 33.6. The maximum absolute atomic E-state index is 16.8. The second kappa shape index (κ2) is 23.3. The number of aliphatic hydroxyl groups is 1. The molecule has 3 fully saturated rings. The number of benzene rings is 2. The number of ether oxygens (including phenoxy) is 6. The molecule has 1 saturated heterocycles. The molecule has 80 heavy (non-hydrogen) atoms. The summed E-state index contributed by atoms with van der Waals surface area (Å²) in [5.74, 6) is -5.36. The molecule has 11 atom stereocenters. The first kappa shape index (κ1) is 62.6. The Kier molecular flexibility index (Phi) is 18.3. The van der Waals surface area contributed by atoms with Crippen LogP contribution >= 0.6 is 0 Å². The van der Waals surface area contributed by atoms with Crippen molar-refractivity contribution in [3.63, 3.8) is 0 Å². The standard InChI is InChI=1S/C62H89NO15Si2/c1-18-79(19-2,20-3)77-45-33-46-61(35-71-46)52-54(74-55(67)42-28-22-21-23-29-42)62(70)34-44(39(10)48(59(62,15)16)50(72-40(11)64)53(66)60(45,52)17)73-56(68)51(78-80(36(4)5,37(6)7)38(8)9)49(63-57(69)76-58(12,13)14)43-31-25-24-27-41(43)30-26-32-47(65)75-61/h21-31,36-38,44-46,49-52,54,70H,18-20,32-35H2,1-17H3,(H,63,69)/b30-26-. The molecular weight excluding hydrogens is 1050 g/mol. The van der Waals surface area contributed by atoms with Crippen LogP contribution < -0.4 is 5.32 Å². The first-order chi connectivity index (χ1) is 37.3. The highest BCUT2D eigenvalue weighted by molar-refractivity contribution is 6.77. The average Bonchev–Trinajstić information content (AvgIpc) is 3.50. The van der Waals surface area contributed by atoms with E-state index in [0.717, 1.165) is 0 Å². The molecule has 4 bridgehead atoms. The number of amides is 1. The molecule has 0 radical (unpaired) electrons. The van der Waals surface area contributed by atoms with E-state index in [0.29, 0.717) is 34.8 Å². The SMILES string of the molecule is CC[Si](CC)(CC)OC1CC2OCC23OC(=O)C/C=C\c2ccccc2C(NC(=O)OC(C)(C)C)C(O[Si](C(C)C)(C(C)C)C(C)C)C(=O)OC2CC4(O)C(OC(=O)c5ccccc5)C3C1(C)C(=O)C(OC(C)=O)C(=C2C)C4(C)C. The van der Waals surface area contributed by atoms with Crippen molar-refractivity contribution in [3.05, 3.63) is 88.5 Å². The van der Waals surface area contributed by atoms with E-state index in [2.05, 4.69) is 67.6 Å². The van der Waals surface area contributed by atoms with Crippen LogP contribution in [0.15, 0.2) is 71.8 Å². The van der Waals surface area contributed by atoms with Crippen LogP contribution in [0, 0.1) is 16.7 Å². The van der Waals surface area contributed by atoms with Crippen LogP contribution in [0.4, 0.5) is 4.79 Å². The molecule has 16 nitrogen and oxygen atoms in total. The monoisotopic (exact) mass is 1140 g/mol. The van der Waals surface area contributed by atoms with Gasteiger partial charge in [-0.2, -0.15) is 0 Å². The molecular formula is C62H89NO15Si2. The maximum Gasteiger partial charge on any atom is 0.408 e. The van der Waals surface area contributed by atoms with Crippen molar-refractivity contribution in [3.8, 4) is 0 Å². The molecule has 2 N–H and O–H groups in total. The van der Waals surface area contributed by atoms with Crippen molar-refractivity contribution < 1.29 is 71.1 Å². The summed E-state index contributed by atoms with van der Waals surface area (Å²) in [5, 5.41) is 17.6. The smallest absolute Gasteiger partial charge is 0.408 e. The second-order valence-corrected chi connectivity index (χ2v) is 35.7. The van der Waals surface area contributed by atoms with E-state index in [1.54, 1.807) is 115 Å². The third-order valence-corrected chi connectivity index (χ3v) is 29.6. The van der Waals surface area contributed by atoms with Gasteiger partial charge in [0.05, 0.1) is 42.1 Å². The van der Waals surface area contributed by atoms with E-state index < -0.39 is 135 Å². The summed E-state index contributed by atoms with van der Waals surface area (Å²) < 4.78 is 54.3. The summed E-state index contributed by atoms with van der Waals surface area (Å²) >= 11 is 0. The summed E-state index contributed by atoms with van der Waals surface area (Å²) in [6.07, 6.45) is -6.64. The number of carbonyl (C=O) groups excluding carboxylic acids is 6. The zero-order valence-corrected chi connectivity index (χ0v) is 52.3. The molecule has 440 valence electrons. The molecule has 1 spiro atoms. The summed E-state index contributed by atoms with van der Waals surface area (Å²) in [6, 6.07) is 16.2. The van der Waals surface area contributed by atoms with Crippen molar-refractivity contribution in [1.29, 1.82) is 0 Å². The van der Waals surface area contributed by atoms with Gasteiger partial charge in [-0.15, -0.1) is 0 Å². The number of alkyl carbamates (subject to hydrolysis) is 1. The Balaban J connectivity index is 1.61. The van der Waals surface area contributed by atoms with E-state index in [1.165, 1.54) is 6.92 Å². The van der Waals surface area contributed by atoms with Crippen LogP contribution in [0.5, 0.6) is 0 Å². The molecule has 11 unspecified atom stereocenters. The summed E-state index contributed by atoms with van der Waals surface area (Å²) in [4.78, 5) is 91.1. The van der Waals surface area contributed by atoms with Crippen LogP contribution in [-0.4, -0.2) is 118 Å². The van der Waals surface area contributed by atoms with E-state index in [9.17, 15) is 19.5 Å². The van der Waals surface area contributed by atoms with Gasteiger partial charge in [-0.3, -0.25) is 14.4 Å². The van der Waals surface area contributed by atoms with Crippen LogP contribution in [0.1, 0.15) is 164 Å². The molecule has 2 aromatic carbocycles. The summed E-state index contributed by atoms with van der Waals surface area (Å²) in [5.41, 5.74) is -7.24. The third kappa shape index (κ3) is 11.1. The summed E-state index contributed by atoms with van der Waals surface area (Å²) in [6.45, 7) is 31.5. The number of carbonyl (C=O) groups is 6. The molecule has 3 aliphatic carbocycles. The third-order valence-electron chi connectivity index (χ3n) is 18.9. The van der Waals surface area contributed by atoms with Gasteiger partial charge in [0.1, 0.15) is 29.5 Å². The lowest BCUT2D eigenvalue weighted by molar-refractivity contribution is -0.345. The van der Waals surface area contributed by atoms with Crippen LogP contribution in [-0.2, 0) is 56.5 Å². The quantitative estimate of drug-likeness (QED) is 0.0780. The zero-order valence-electron chi connectivity index (χ0n) is 50.3. The lowest BCUT2D eigenvalue weighted by Crippen LogP contribution is -2.82. The Morgan fingerprint density at radius 1 is 0.850 bits per heavy atom. The lowest BCUT2D eigenvalue weighted by Gasteiger charge is -2.68. The molecule has 2 aliphatic heterocycles.